The number of likely N-dealkylation sites (tertiary alicyclic amines) is 1. The fraction of sp³-hybridized carbons (Fsp3) is 0.650. The van der Waals surface area contributed by atoms with Crippen LogP contribution in [0.3, 0.4) is 0 Å². The molecule has 1 aromatic carbocycles. The molecular formula is C20H32IN3O. The van der Waals surface area contributed by atoms with Gasteiger partial charge in [-0.2, -0.15) is 0 Å². The molecule has 2 aliphatic rings. The van der Waals surface area contributed by atoms with Crippen LogP contribution in [0, 0.1) is 5.41 Å². The second-order valence-corrected chi connectivity index (χ2v) is 7.31. The van der Waals surface area contributed by atoms with E-state index in [1.807, 2.05) is 0 Å². The molecule has 0 aliphatic carbocycles. The van der Waals surface area contributed by atoms with Gasteiger partial charge in [0.15, 0.2) is 5.96 Å². The second kappa shape index (κ2) is 9.76. The molecule has 0 radical (unpaired) electrons. The van der Waals surface area contributed by atoms with Gasteiger partial charge in [0.1, 0.15) is 0 Å². The van der Waals surface area contributed by atoms with Crippen molar-refractivity contribution < 1.29 is 4.74 Å². The molecule has 1 spiro atoms. The Balaban J connectivity index is 0.00000225. The number of ether oxygens (including phenoxy) is 1. The standard InChI is InChI=1S/C20H31N3O.HI/c1-3-21-19(23-13-10-20(15-23)11-14-24-16-20)22-12-9-17(2)18-7-5-4-6-8-18;/h4-8,17H,3,9-16H2,1-2H3,(H,21,22);1H. The van der Waals surface area contributed by atoms with Gasteiger partial charge in [-0.3, -0.25) is 4.99 Å². The Bertz CT molecular complexity index is 543. The third-order valence-corrected chi connectivity index (χ3v) is 5.45. The average molecular weight is 457 g/mol. The zero-order chi connectivity index (χ0) is 16.8. The van der Waals surface area contributed by atoms with Gasteiger partial charge in [0.05, 0.1) is 6.61 Å². The van der Waals surface area contributed by atoms with Crippen molar-refractivity contribution >= 4 is 29.9 Å². The first-order valence-corrected chi connectivity index (χ1v) is 9.38. The van der Waals surface area contributed by atoms with Crippen molar-refractivity contribution in [2.75, 3.05) is 39.4 Å². The number of hydrogen-bond donors (Lipinski definition) is 1. The molecule has 1 N–H and O–H groups in total. The average Bonchev–Trinajstić information content (AvgIpc) is 3.25. The van der Waals surface area contributed by atoms with Crippen LogP contribution < -0.4 is 5.32 Å². The molecule has 2 aliphatic heterocycles. The highest BCUT2D eigenvalue weighted by Crippen LogP contribution is 2.38. The lowest BCUT2D eigenvalue weighted by molar-refractivity contribution is 0.156. The summed E-state index contributed by atoms with van der Waals surface area (Å²) in [5, 5.41) is 3.48. The Hall–Kier alpha value is -0.820. The van der Waals surface area contributed by atoms with Crippen LogP contribution in [0.1, 0.15) is 44.6 Å². The van der Waals surface area contributed by atoms with Gasteiger partial charge in [-0.05, 0) is 37.7 Å². The third kappa shape index (κ3) is 5.33. The van der Waals surface area contributed by atoms with E-state index in [1.54, 1.807) is 0 Å². The SMILES string of the molecule is CCNC(=NCCC(C)c1ccccc1)N1CCC2(CCOC2)C1.I. The van der Waals surface area contributed by atoms with E-state index in [9.17, 15) is 0 Å². The number of nitrogens with one attached hydrogen (secondary N) is 1. The van der Waals surface area contributed by atoms with Gasteiger partial charge in [0.2, 0.25) is 0 Å². The normalized spacial score (nSPS) is 24.4. The number of guanidine groups is 1. The number of halogens is 1. The summed E-state index contributed by atoms with van der Waals surface area (Å²) in [6.45, 7) is 10.3. The van der Waals surface area contributed by atoms with Gasteiger partial charge in [0, 0.05) is 38.2 Å². The van der Waals surface area contributed by atoms with Crippen molar-refractivity contribution in [3.05, 3.63) is 35.9 Å². The van der Waals surface area contributed by atoms with Crippen molar-refractivity contribution in [2.45, 2.75) is 39.0 Å². The topological polar surface area (TPSA) is 36.9 Å². The van der Waals surface area contributed by atoms with Gasteiger partial charge >= 0.3 is 0 Å². The van der Waals surface area contributed by atoms with Crippen molar-refractivity contribution in [1.29, 1.82) is 0 Å². The molecule has 25 heavy (non-hydrogen) atoms. The molecule has 2 saturated heterocycles. The Kier molecular flexibility index (Phi) is 8.00. The van der Waals surface area contributed by atoms with Crippen molar-refractivity contribution in [2.24, 2.45) is 10.4 Å². The second-order valence-electron chi connectivity index (χ2n) is 7.31. The molecule has 5 heteroatoms. The van der Waals surface area contributed by atoms with E-state index in [2.05, 4.69) is 54.4 Å². The molecular weight excluding hydrogens is 425 g/mol. The molecule has 0 aromatic heterocycles. The maximum Gasteiger partial charge on any atom is 0.193 e. The molecule has 3 rings (SSSR count). The van der Waals surface area contributed by atoms with E-state index in [-0.39, 0.29) is 24.0 Å². The first-order valence-electron chi connectivity index (χ1n) is 9.38. The third-order valence-electron chi connectivity index (χ3n) is 5.45. The van der Waals surface area contributed by atoms with Gasteiger partial charge in [-0.25, -0.2) is 0 Å². The summed E-state index contributed by atoms with van der Waals surface area (Å²) < 4.78 is 5.64. The Labute approximate surface area is 169 Å². The Morgan fingerprint density at radius 1 is 1.32 bits per heavy atom. The number of nitrogens with zero attached hydrogens (tertiary/aromatic N) is 2. The van der Waals surface area contributed by atoms with Crippen LogP contribution in [0.15, 0.2) is 35.3 Å². The monoisotopic (exact) mass is 457 g/mol. The van der Waals surface area contributed by atoms with Gasteiger partial charge in [-0.15, -0.1) is 24.0 Å². The molecule has 2 heterocycles. The Morgan fingerprint density at radius 2 is 2.12 bits per heavy atom. The molecule has 1 aromatic rings. The Morgan fingerprint density at radius 3 is 2.80 bits per heavy atom. The molecule has 0 saturated carbocycles. The smallest absolute Gasteiger partial charge is 0.193 e. The predicted molar refractivity (Wildman–Crippen MR) is 115 cm³/mol. The maximum atomic E-state index is 5.64. The fourth-order valence-corrected chi connectivity index (χ4v) is 3.83. The summed E-state index contributed by atoms with van der Waals surface area (Å²) in [7, 11) is 0. The first-order chi connectivity index (χ1) is 11.7. The minimum absolute atomic E-state index is 0. The lowest BCUT2D eigenvalue weighted by Gasteiger charge is -2.25. The maximum absolute atomic E-state index is 5.64. The first kappa shape index (κ1) is 20.5. The van der Waals surface area contributed by atoms with E-state index in [0.717, 1.165) is 51.8 Å². The largest absolute Gasteiger partial charge is 0.381 e. The highest BCUT2D eigenvalue weighted by atomic mass is 127. The molecule has 0 bridgehead atoms. The van der Waals surface area contributed by atoms with E-state index in [4.69, 9.17) is 9.73 Å². The van der Waals surface area contributed by atoms with Crippen LogP contribution in [0.5, 0.6) is 0 Å². The highest BCUT2D eigenvalue weighted by molar-refractivity contribution is 14.0. The molecule has 2 unspecified atom stereocenters. The number of hydrogen-bond acceptors (Lipinski definition) is 2. The minimum atomic E-state index is 0. The van der Waals surface area contributed by atoms with Crippen molar-refractivity contribution in [1.82, 2.24) is 10.2 Å². The molecule has 2 atom stereocenters. The van der Waals surface area contributed by atoms with E-state index >= 15 is 0 Å². The molecule has 0 amide bonds. The lowest BCUT2D eigenvalue weighted by atomic mass is 9.87. The summed E-state index contributed by atoms with van der Waals surface area (Å²) >= 11 is 0. The molecule has 2 fully saturated rings. The van der Waals surface area contributed by atoms with E-state index in [0.29, 0.717) is 11.3 Å². The minimum Gasteiger partial charge on any atom is -0.381 e. The van der Waals surface area contributed by atoms with Crippen molar-refractivity contribution in [3.63, 3.8) is 0 Å². The fourth-order valence-electron chi connectivity index (χ4n) is 3.83. The summed E-state index contributed by atoms with van der Waals surface area (Å²) in [4.78, 5) is 7.34. The van der Waals surface area contributed by atoms with Crippen LogP contribution in [0.2, 0.25) is 0 Å². The number of aliphatic imine (C=N–C) groups is 1. The van der Waals surface area contributed by atoms with Crippen LogP contribution in [0.4, 0.5) is 0 Å². The van der Waals surface area contributed by atoms with Gasteiger partial charge in [0.25, 0.3) is 0 Å². The summed E-state index contributed by atoms with van der Waals surface area (Å²) in [6.07, 6.45) is 3.52. The summed E-state index contributed by atoms with van der Waals surface area (Å²) in [6, 6.07) is 10.7. The molecule has 140 valence electrons. The number of rotatable bonds is 5. The molecule has 4 nitrogen and oxygen atoms in total. The number of benzene rings is 1. The lowest BCUT2D eigenvalue weighted by Crippen LogP contribution is -2.41. The van der Waals surface area contributed by atoms with Crippen LogP contribution in [-0.2, 0) is 4.74 Å². The van der Waals surface area contributed by atoms with Gasteiger partial charge in [-0.1, -0.05) is 37.3 Å². The predicted octanol–water partition coefficient (Wildman–Crippen LogP) is 3.88. The highest BCUT2D eigenvalue weighted by Gasteiger charge is 2.42. The van der Waals surface area contributed by atoms with E-state index < -0.39 is 0 Å². The summed E-state index contributed by atoms with van der Waals surface area (Å²) in [5.74, 6) is 1.63. The van der Waals surface area contributed by atoms with Crippen molar-refractivity contribution in [3.8, 4) is 0 Å². The zero-order valence-corrected chi connectivity index (χ0v) is 17.9. The van der Waals surface area contributed by atoms with Crippen LogP contribution >= 0.6 is 24.0 Å². The van der Waals surface area contributed by atoms with Crippen LogP contribution in [-0.4, -0.2) is 50.3 Å². The van der Waals surface area contributed by atoms with E-state index in [1.165, 1.54) is 18.4 Å². The zero-order valence-electron chi connectivity index (χ0n) is 15.5. The van der Waals surface area contributed by atoms with Crippen LogP contribution in [0.25, 0.3) is 0 Å². The van der Waals surface area contributed by atoms with Gasteiger partial charge < -0.3 is 15.0 Å². The summed E-state index contributed by atoms with van der Waals surface area (Å²) in [5.41, 5.74) is 1.79. The quantitative estimate of drug-likeness (QED) is 0.414.